The maximum atomic E-state index is 14.5. The van der Waals surface area contributed by atoms with E-state index in [4.69, 9.17) is 11.6 Å². The summed E-state index contributed by atoms with van der Waals surface area (Å²) in [4.78, 5) is 17.1. The lowest BCUT2D eigenvalue weighted by atomic mass is 9.97. The van der Waals surface area contributed by atoms with Crippen LogP contribution in [0.25, 0.3) is 0 Å². The second kappa shape index (κ2) is 12.6. The van der Waals surface area contributed by atoms with Crippen LogP contribution in [0.1, 0.15) is 39.0 Å². The van der Waals surface area contributed by atoms with Crippen molar-refractivity contribution in [3.63, 3.8) is 0 Å². The van der Waals surface area contributed by atoms with Crippen molar-refractivity contribution < 1.29 is 53.5 Å². The molecule has 0 saturated carbocycles. The summed E-state index contributed by atoms with van der Waals surface area (Å²) < 4.78 is 130. The second-order valence-corrected chi connectivity index (χ2v) is 9.29. The van der Waals surface area contributed by atoms with Crippen LogP contribution in [0.15, 0.2) is 47.9 Å². The van der Waals surface area contributed by atoms with Crippen LogP contribution in [0.3, 0.4) is 0 Å². The number of hydrogen-bond acceptors (Lipinski definition) is 4. The molecule has 0 aliphatic heterocycles. The Morgan fingerprint density at radius 2 is 1.74 bits per heavy atom. The molecule has 0 aliphatic carbocycles. The van der Waals surface area contributed by atoms with Crippen molar-refractivity contribution in [3.8, 4) is 0 Å². The third-order valence-corrected chi connectivity index (χ3v) is 5.78. The lowest BCUT2D eigenvalue weighted by molar-refractivity contribution is -0.173. The van der Waals surface area contributed by atoms with Crippen LogP contribution in [0.2, 0.25) is 5.02 Å². The average Bonchev–Trinajstić information content (AvgIpc) is 3.26. The summed E-state index contributed by atoms with van der Waals surface area (Å²) in [7, 11) is 0. The van der Waals surface area contributed by atoms with Crippen molar-refractivity contribution in [1.82, 2.24) is 9.78 Å². The Balaban J connectivity index is 1.84. The molecule has 1 N–H and O–H groups in total. The van der Waals surface area contributed by atoms with E-state index in [1.54, 1.807) is 0 Å². The molecule has 17 heteroatoms. The number of nitrogens with zero attached hydrogens (tertiary/aromatic N) is 3. The smallest absolute Gasteiger partial charge is 0.386 e. The minimum absolute atomic E-state index is 0.0218. The Hall–Kier alpha value is -3.82. The summed E-state index contributed by atoms with van der Waals surface area (Å²) in [6, 6.07) is 4.72. The minimum atomic E-state index is -4.84. The van der Waals surface area contributed by atoms with E-state index in [0.29, 0.717) is 16.8 Å². The van der Waals surface area contributed by atoms with Gasteiger partial charge in [0.05, 0.1) is 28.2 Å². The minimum Gasteiger partial charge on any atom is -0.386 e. The first-order valence-corrected chi connectivity index (χ1v) is 12.0. The number of benzene rings is 2. The van der Waals surface area contributed by atoms with Gasteiger partial charge in [-0.05, 0) is 60.7 Å². The first-order chi connectivity index (χ1) is 19.3. The van der Waals surface area contributed by atoms with E-state index in [-0.39, 0.29) is 28.1 Å². The number of alkyl halides is 9. The summed E-state index contributed by atoms with van der Waals surface area (Å²) >= 11 is 5.60. The van der Waals surface area contributed by atoms with Gasteiger partial charge < -0.3 is 10.2 Å². The molecule has 0 spiro atoms. The molecule has 3 rings (SSSR count). The summed E-state index contributed by atoms with van der Waals surface area (Å²) in [6.07, 6.45) is -13.1. The number of amides is 1. The predicted molar refractivity (Wildman–Crippen MR) is 131 cm³/mol. The number of nitrogens with one attached hydrogen (secondary N) is 1. The second-order valence-electron chi connectivity index (χ2n) is 8.88. The molecule has 0 aliphatic rings. The van der Waals surface area contributed by atoms with Crippen molar-refractivity contribution in [3.05, 3.63) is 81.4 Å². The summed E-state index contributed by atoms with van der Waals surface area (Å²) in [5.41, 5.74) is -1.60. The average molecular weight is 633 g/mol. The Bertz CT molecular complexity index is 1460. The van der Waals surface area contributed by atoms with Gasteiger partial charge in [0.1, 0.15) is 12.4 Å². The predicted octanol–water partition coefficient (Wildman–Crippen LogP) is 7.73. The van der Waals surface area contributed by atoms with Crippen LogP contribution < -0.4 is 5.32 Å². The Morgan fingerprint density at radius 1 is 1.05 bits per heavy atom. The fourth-order valence-corrected chi connectivity index (χ4v) is 3.90. The van der Waals surface area contributed by atoms with Crippen LogP contribution in [0.5, 0.6) is 0 Å². The summed E-state index contributed by atoms with van der Waals surface area (Å²) in [5.74, 6) is -1.90. The molecule has 0 bridgehead atoms. The first-order valence-electron chi connectivity index (χ1n) is 11.6. The molecule has 2 aromatic carbocycles. The highest BCUT2D eigenvalue weighted by molar-refractivity contribution is 6.30. The molecular weight excluding hydrogens is 614 g/mol. The van der Waals surface area contributed by atoms with Crippen molar-refractivity contribution in [2.75, 3.05) is 11.9 Å². The molecule has 1 amide bonds. The number of carbonyl (C=O) groups is 1. The lowest BCUT2D eigenvalue weighted by Gasteiger charge is -2.14. The molecule has 228 valence electrons. The molecule has 6 nitrogen and oxygen atoms in total. The molecule has 0 fully saturated rings. The number of carbonyl (C=O) groups excluding carboxylic acids is 1. The SMILES string of the molecule is Cc1cc(/C(CCc2cc(C(F)(F)F)cc(Cl)c2F)=N/OCC(F)(F)F)ccc1C(=O)Nc1cnn(CC(F)(F)F)c1. The molecule has 0 saturated heterocycles. The van der Waals surface area contributed by atoms with Gasteiger partial charge in [0.15, 0.2) is 0 Å². The number of aromatic nitrogens is 2. The maximum Gasteiger partial charge on any atom is 0.425 e. The molecule has 0 radical (unpaired) electrons. The molecule has 1 aromatic heterocycles. The van der Waals surface area contributed by atoms with E-state index >= 15 is 0 Å². The van der Waals surface area contributed by atoms with Crippen molar-refractivity contribution in [2.24, 2.45) is 5.16 Å². The molecule has 1 heterocycles. The normalized spacial score (nSPS) is 12.9. The Labute approximate surface area is 235 Å². The first kappa shape index (κ1) is 32.7. The van der Waals surface area contributed by atoms with Crippen molar-refractivity contribution in [1.29, 1.82) is 0 Å². The van der Waals surface area contributed by atoms with Gasteiger partial charge in [-0.1, -0.05) is 22.8 Å². The maximum absolute atomic E-state index is 14.5. The monoisotopic (exact) mass is 632 g/mol. The third-order valence-electron chi connectivity index (χ3n) is 5.50. The number of aryl methyl sites for hydroxylation is 2. The highest BCUT2D eigenvalue weighted by Gasteiger charge is 2.33. The van der Waals surface area contributed by atoms with Gasteiger partial charge in [-0.25, -0.2) is 4.39 Å². The van der Waals surface area contributed by atoms with Gasteiger partial charge in [0.2, 0.25) is 6.61 Å². The van der Waals surface area contributed by atoms with Crippen LogP contribution in [-0.2, 0) is 24.0 Å². The highest BCUT2D eigenvalue weighted by Crippen LogP contribution is 2.34. The number of oxime groups is 1. The number of rotatable bonds is 9. The van der Waals surface area contributed by atoms with Gasteiger partial charge in [-0.3, -0.25) is 9.48 Å². The lowest BCUT2D eigenvalue weighted by Crippen LogP contribution is -2.18. The van der Waals surface area contributed by atoms with Gasteiger partial charge in [-0.15, -0.1) is 0 Å². The number of hydrogen-bond donors (Lipinski definition) is 1. The molecule has 0 unspecified atom stereocenters. The van der Waals surface area contributed by atoms with Crippen LogP contribution in [0, 0.1) is 12.7 Å². The topological polar surface area (TPSA) is 68.5 Å². The number of halogens is 11. The van der Waals surface area contributed by atoms with Crippen LogP contribution in [-0.4, -0.2) is 40.4 Å². The fraction of sp³-hybridized carbons (Fsp3) is 0.320. The fourth-order valence-electron chi connectivity index (χ4n) is 3.67. The van der Waals surface area contributed by atoms with Gasteiger partial charge in [0.25, 0.3) is 5.91 Å². The van der Waals surface area contributed by atoms with E-state index in [1.165, 1.54) is 25.1 Å². The number of anilines is 1. The van der Waals surface area contributed by atoms with Gasteiger partial charge >= 0.3 is 18.5 Å². The molecular formula is C25H19ClF10N4O2. The van der Waals surface area contributed by atoms with E-state index in [1.807, 2.05) is 0 Å². The summed E-state index contributed by atoms with van der Waals surface area (Å²) in [5, 5.41) is 8.51. The molecule has 42 heavy (non-hydrogen) atoms. The zero-order valence-corrected chi connectivity index (χ0v) is 21.9. The zero-order valence-electron chi connectivity index (χ0n) is 21.2. The Morgan fingerprint density at radius 3 is 2.33 bits per heavy atom. The van der Waals surface area contributed by atoms with Crippen molar-refractivity contribution in [2.45, 2.75) is 44.8 Å². The van der Waals surface area contributed by atoms with E-state index < -0.39 is 72.4 Å². The zero-order chi connectivity index (χ0) is 31.5. The van der Waals surface area contributed by atoms with Crippen LogP contribution >= 0.6 is 11.6 Å². The van der Waals surface area contributed by atoms with Crippen LogP contribution in [0.4, 0.5) is 49.6 Å². The molecule has 3 aromatic rings. The largest absolute Gasteiger partial charge is 0.425 e. The molecule has 0 atom stereocenters. The van der Waals surface area contributed by atoms with Gasteiger partial charge in [0, 0.05) is 11.8 Å². The van der Waals surface area contributed by atoms with E-state index in [0.717, 1.165) is 12.4 Å². The highest BCUT2D eigenvalue weighted by atomic mass is 35.5. The Kier molecular flexibility index (Phi) is 9.80. The van der Waals surface area contributed by atoms with Gasteiger partial charge in [-0.2, -0.15) is 44.6 Å². The third kappa shape index (κ3) is 9.36. The quantitative estimate of drug-likeness (QED) is 0.149. The standard InChI is InChI=1S/C25H19ClF10N4O2/c1-13-6-14(2-4-18(13)22(41)38-17-9-37-40(10-17)11-23(28,29)30)20(39-42-12-24(31,32)33)5-3-15-7-16(25(34,35)36)8-19(26)21(15)27/h2,4,6-10H,3,5,11-12H2,1H3,(H,38,41)/b39-20+. The van der Waals surface area contributed by atoms with E-state index in [9.17, 15) is 48.7 Å². The van der Waals surface area contributed by atoms with E-state index in [2.05, 4.69) is 20.4 Å². The summed E-state index contributed by atoms with van der Waals surface area (Å²) in [6.45, 7) is -1.74. The van der Waals surface area contributed by atoms with Crippen molar-refractivity contribution >= 4 is 28.9 Å².